The maximum absolute atomic E-state index is 11.0. The maximum Gasteiger partial charge on any atom is 0.180 e. The van der Waals surface area contributed by atoms with Crippen molar-refractivity contribution in [2.75, 3.05) is 0 Å². The first-order valence-corrected chi connectivity index (χ1v) is 4.12. The van der Waals surface area contributed by atoms with Crippen molar-refractivity contribution in [3.8, 4) is 0 Å². The Hall–Kier alpha value is -1.35. The van der Waals surface area contributed by atoms with Gasteiger partial charge in [0.2, 0.25) is 0 Å². The van der Waals surface area contributed by atoms with Crippen LogP contribution >= 0.6 is 11.6 Å². The second-order valence-electron chi connectivity index (χ2n) is 2.74. The number of rotatable bonds is 1. The zero-order valence-electron chi connectivity index (χ0n) is 6.87. The fraction of sp³-hybridized carbons (Fsp3) is 0.111. The number of carbonyl (C=O) groups is 1. The van der Waals surface area contributed by atoms with Crippen LogP contribution in [0.5, 0.6) is 0 Å². The quantitative estimate of drug-likeness (QED) is 0.657. The Morgan fingerprint density at radius 3 is 3.00 bits per heavy atom. The largest absolute Gasteiger partial charge is 0.355 e. The van der Waals surface area contributed by atoms with E-state index in [-0.39, 0.29) is 10.9 Å². The molecule has 1 aromatic heterocycles. The third-order valence-electron chi connectivity index (χ3n) is 1.83. The number of halogens is 1. The summed E-state index contributed by atoms with van der Waals surface area (Å²) in [5.41, 5.74) is 1.20. The van der Waals surface area contributed by atoms with Crippen LogP contribution in [0, 0.1) is 0 Å². The Kier molecular flexibility index (Phi) is 1.81. The summed E-state index contributed by atoms with van der Waals surface area (Å²) in [5, 5.41) is 4.54. The number of benzene rings is 1. The van der Waals surface area contributed by atoms with Gasteiger partial charge in [0.25, 0.3) is 0 Å². The first kappa shape index (κ1) is 8.26. The number of hydrogen-bond acceptors (Lipinski definition) is 3. The number of fused-ring (bicyclic) bond motifs is 1. The first-order chi connectivity index (χ1) is 6.18. The topological polar surface area (TPSA) is 43.1 Å². The molecule has 0 unspecified atom stereocenters. The highest BCUT2D eigenvalue weighted by Gasteiger charge is 2.07. The van der Waals surface area contributed by atoms with Gasteiger partial charge < -0.3 is 4.52 Å². The van der Waals surface area contributed by atoms with Crippen molar-refractivity contribution in [3.05, 3.63) is 28.9 Å². The molecule has 0 amide bonds. The van der Waals surface area contributed by atoms with Crippen LogP contribution in [0.1, 0.15) is 17.3 Å². The van der Waals surface area contributed by atoms with Crippen molar-refractivity contribution in [1.82, 2.24) is 5.16 Å². The lowest BCUT2D eigenvalue weighted by atomic mass is 10.1. The van der Waals surface area contributed by atoms with E-state index in [1.54, 1.807) is 18.2 Å². The zero-order valence-corrected chi connectivity index (χ0v) is 7.63. The fourth-order valence-corrected chi connectivity index (χ4v) is 1.31. The monoisotopic (exact) mass is 195 g/mol. The molecular weight excluding hydrogens is 190 g/mol. The van der Waals surface area contributed by atoms with Gasteiger partial charge in [-0.1, -0.05) is 16.8 Å². The van der Waals surface area contributed by atoms with Crippen LogP contribution in [-0.2, 0) is 0 Å². The molecule has 0 spiro atoms. The van der Waals surface area contributed by atoms with Crippen LogP contribution < -0.4 is 0 Å². The van der Waals surface area contributed by atoms with Crippen LogP contribution in [0.4, 0.5) is 0 Å². The van der Waals surface area contributed by atoms with Crippen LogP contribution in [-0.4, -0.2) is 10.9 Å². The summed E-state index contributed by atoms with van der Waals surface area (Å²) >= 11 is 5.73. The molecule has 1 aromatic carbocycles. The maximum atomic E-state index is 11.0. The van der Waals surface area contributed by atoms with Gasteiger partial charge in [-0.15, -0.1) is 0 Å². The van der Waals surface area contributed by atoms with Crippen molar-refractivity contribution in [2.45, 2.75) is 6.92 Å². The minimum Gasteiger partial charge on any atom is -0.355 e. The van der Waals surface area contributed by atoms with Gasteiger partial charge in [-0.05, 0) is 25.1 Å². The lowest BCUT2D eigenvalue weighted by Crippen LogP contribution is -1.89. The standard InChI is InChI=1S/C9H6ClNO2/c1-5(12)6-2-3-8-7(4-6)9(10)11-13-8/h2-4H,1H3. The average Bonchev–Trinajstić information content (AvgIpc) is 2.47. The Labute approximate surface area is 79.3 Å². The highest BCUT2D eigenvalue weighted by molar-refractivity contribution is 6.34. The molecule has 0 aliphatic carbocycles. The molecule has 0 radical (unpaired) electrons. The van der Waals surface area contributed by atoms with E-state index in [1.807, 2.05) is 0 Å². The molecule has 2 aromatic rings. The summed E-state index contributed by atoms with van der Waals surface area (Å²) in [6.45, 7) is 1.50. The third kappa shape index (κ3) is 1.31. The van der Waals surface area contributed by atoms with Crippen molar-refractivity contribution >= 4 is 28.4 Å². The van der Waals surface area contributed by atoms with Crippen molar-refractivity contribution < 1.29 is 9.32 Å². The number of hydrogen-bond donors (Lipinski definition) is 0. The first-order valence-electron chi connectivity index (χ1n) is 3.74. The number of carbonyl (C=O) groups excluding carboxylic acids is 1. The number of ketones is 1. The molecule has 0 fully saturated rings. The molecule has 0 aliphatic heterocycles. The molecule has 0 aliphatic rings. The zero-order chi connectivity index (χ0) is 9.42. The van der Waals surface area contributed by atoms with Crippen LogP contribution in [0.2, 0.25) is 5.15 Å². The van der Waals surface area contributed by atoms with Gasteiger partial charge in [-0.3, -0.25) is 4.79 Å². The third-order valence-corrected chi connectivity index (χ3v) is 2.11. The molecule has 66 valence electrons. The average molecular weight is 196 g/mol. The van der Waals surface area contributed by atoms with Crippen molar-refractivity contribution in [1.29, 1.82) is 0 Å². The Morgan fingerprint density at radius 1 is 1.54 bits per heavy atom. The van der Waals surface area contributed by atoms with Crippen molar-refractivity contribution in [2.24, 2.45) is 0 Å². The van der Waals surface area contributed by atoms with Crippen molar-refractivity contribution in [3.63, 3.8) is 0 Å². The smallest absolute Gasteiger partial charge is 0.180 e. The molecule has 0 bridgehead atoms. The number of Topliss-reactive ketones (excluding diaryl/α,β-unsaturated/α-hetero) is 1. The summed E-state index contributed by atoms with van der Waals surface area (Å²) in [7, 11) is 0. The Bertz CT molecular complexity index is 475. The number of aromatic nitrogens is 1. The van der Waals surface area contributed by atoms with E-state index >= 15 is 0 Å². The van der Waals surface area contributed by atoms with E-state index in [2.05, 4.69) is 5.16 Å². The second kappa shape index (κ2) is 2.85. The van der Waals surface area contributed by atoms with E-state index in [9.17, 15) is 4.79 Å². The molecule has 0 saturated carbocycles. The second-order valence-corrected chi connectivity index (χ2v) is 3.10. The molecule has 1 heterocycles. The van der Waals surface area contributed by atoms with Gasteiger partial charge >= 0.3 is 0 Å². The minimum atomic E-state index is -0.000772. The summed E-state index contributed by atoms with van der Waals surface area (Å²) in [5.74, 6) is -0.000772. The minimum absolute atomic E-state index is 0.000772. The summed E-state index contributed by atoms with van der Waals surface area (Å²) in [4.78, 5) is 11.0. The Balaban J connectivity index is 2.72. The summed E-state index contributed by atoms with van der Waals surface area (Å²) < 4.78 is 4.89. The van der Waals surface area contributed by atoms with Gasteiger partial charge in [0, 0.05) is 5.56 Å². The molecule has 0 saturated heterocycles. The molecule has 4 heteroatoms. The predicted octanol–water partition coefficient (Wildman–Crippen LogP) is 2.68. The summed E-state index contributed by atoms with van der Waals surface area (Å²) in [6, 6.07) is 5.05. The molecule has 0 N–H and O–H groups in total. The van der Waals surface area contributed by atoms with E-state index in [1.165, 1.54) is 6.92 Å². The molecule has 2 rings (SSSR count). The highest BCUT2D eigenvalue weighted by atomic mass is 35.5. The highest BCUT2D eigenvalue weighted by Crippen LogP contribution is 2.23. The van der Waals surface area contributed by atoms with Crippen LogP contribution in [0.25, 0.3) is 11.0 Å². The lowest BCUT2D eigenvalue weighted by molar-refractivity contribution is 0.101. The molecule has 3 nitrogen and oxygen atoms in total. The SMILES string of the molecule is CC(=O)c1ccc2onc(Cl)c2c1. The van der Waals surface area contributed by atoms with E-state index in [4.69, 9.17) is 16.1 Å². The molecule has 0 atom stereocenters. The number of nitrogens with zero attached hydrogens (tertiary/aromatic N) is 1. The predicted molar refractivity (Wildman–Crippen MR) is 49.0 cm³/mol. The van der Waals surface area contributed by atoms with Gasteiger partial charge in [0.15, 0.2) is 16.5 Å². The van der Waals surface area contributed by atoms with Gasteiger partial charge in [-0.2, -0.15) is 0 Å². The van der Waals surface area contributed by atoms with Gasteiger partial charge in [0.1, 0.15) is 0 Å². The van der Waals surface area contributed by atoms with E-state index in [0.717, 1.165) is 0 Å². The van der Waals surface area contributed by atoms with E-state index in [0.29, 0.717) is 16.5 Å². The fourth-order valence-electron chi connectivity index (χ4n) is 1.13. The normalized spacial score (nSPS) is 10.6. The van der Waals surface area contributed by atoms with Crippen LogP contribution in [0.15, 0.2) is 22.7 Å². The van der Waals surface area contributed by atoms with Crippen LogP contribution in [0.3, 0.4) is 0 Å². The lowest BCUT2D eigenvalue weighted by Gasteiger charge is -1.93. The summed E-state index contributed by atoms with van der Waals surface area (Å²) in [6.07, 6.45) is 0. The van der Waals surface area contributed by atoms with Gasteiger partial charge in [-0.25, -0.2) is 0 Å². The molecule has 13 heavy (non-hydrogen) atoms. The van der Waals surface area contributed by atoms with E-state index < -0.39 is 0 Å². The molecular formula is C9H6ClNO2. The van der Waals surface area contributed by atoms with Gasteiger partial charge in [0.05, 0.1) is 5.39 Å². The Morgan fingerprint density at radius 2 is 2.31 bits per heavy atom.